The van der Waals surface area contributed by atoms with Crippen LogP contribution in [0.2, 0.25) is 0 Å². The first-order valence-electron chi connectivity index (χ1n) is 7.15. The van der Waals surface area contributed by atoms with E-state index in [-0.39, 0.29) is 0 Å². The molecule has 0 saturated carbocycles. The van der Waals surface area contributed by atoms with Gasteiger partial charge in [0.15, 0.2) is 0 Å². The zero-order valence-corrected chi connectivity index (χ0v) is 12.3. The molecule has 0 aliphatic heterocycles. The molecule has 0 spiro atoms. The van der Waals surface area contributed by atoms with Crippen molar-refractivity contribution in [1.82, 2.24) is 0 Å². The standard InChI is InChI=1S/C18H23NO/c1-14-8-9-18(15(2)12-14)20-11-10-17(13-19)16-6-4-3-5-7-16/h3-9,12,17H,10-11,13,19H2,1-2H3. The van der Waals surface area contributed by atoms with Crippen molar-refractivity contribution in [2.75, 3.05) is 13.2 Å². The van der Waals surface area contributed by atoms with Crippen LogP contribution in [0.3, 0.4) is 0 Å². The molecule has 0 radical (unpaired) electrons. The van der Waals surface area contributed by atoms with Gasteiger partial charge in [0.05, 0.1) is 6.61 Å². The fourth-order valence-corrected chi connectivity index (χ4v) is 2.42. The molecule has 2 nitrogen and oxygen atoms in total. The Labute approximate surface area is 121 Å². The van der Waals surface area contributed by atoms with Crippen molar-refractivity contribution in [2.24, 2.45) is 5.73 Å². The Morgan fingerprint density at radius 3 is 2.45 bits per heavy atom. The summed E-state index contributed by atoms with van der Waals surface area (Å²) in [4.78, 5) is 0. The third-order valence-corrected chi connectivity index (χ3v) is 3.61. The van der Waals surface area contributed by atoms with Crippen molar-refractivity contribution in [1.29, 1.82) is 0 Å². The Kier molecular flexibility index (Phi) is 5.19. The van der Waals surface area contributed by atoms with Crippen LogP contribution in [-0.4, -0.2) is 13.2 Å². The van der Waals surface area contributed by atoms with E-state index >= 15 is 0 Å². The molecule has 0 amide bonds. The quantitative estimate of drug-likeness (QED) is 0.865. The maximum Gasteiger partial charge on any atom is 0.122 e. The molecule has 2 aromatic rings. The van der Waals surface area contributed by atoms with Crippen molar-refractivity contribution in [2.45, 2.75) is 26.2 Å². The second-order valence-corrected chi connectivity index (χ2v) is 5.25. The summed E-state index contributed by atoms with van der Waals surface area (Å²) in [6.07, 6.45) is 0.938. The Balaban J connectivity index is 1.91. The highest BCUT2D eigenvalue weighted by Crippen LogP contribution is 2.22. The first-order chi connectivity index (χ1) is 9.70. The molecule has 2 heteroatoms. The van der Waals surface area contributed by atoms with Gasteiger partial charge in [0.25, 0.3) is 0 Å². The number of aryl methyl sites for hydroxylation is 2. The van der Waals surface area contributed by atoms with Gasteiger partial charge in [-0.2, -0.15) is 0 Å². The van der Waals surface area contributed by atoms with E-state index < -0.39 is 0 Å². The van der Waals surface area contributed by atoms with Gasteiger partial charge in [0, 0.05) is 0 Å². The molecule has 1 unspecified atom stereocenters. The highest BCUT2D eigenvalue weighted by molar-refractivity contribution is 5.35. The molecule has 20 heavy (non-hydrogen) atoms. The van der Waals surface area contributed by atoms with Crippen molar-refractivity contribution in [3.8, 4) is 5.75 Å². The van der Waals surface area contributed by atoms with Crippen LogP contribution >= 0.6 is 0 Å². The summed E-state index contributed by atoms with van der Waals surface area (Å²) < 4.78 is 5.89. The van der Waals surface area contributed by atoms with Crippen LogP contribution in [0.25, 0.3) is 0 Å². The van der Waals surface area contributed by atoms with E-state index in [9.17, 15) is 0 Å². The SMILES string of the molecule is Cc1ccc(OCCC(CN)c2ccccc2)c(C)c1. The first kappa shape index (κ1) is 14.6. The molecule has 0 aromatic heterocycles. The lowest BCUT2D eigenvalue weighted by atomic mass is 9.96. The van der Waals surface area contributed by atoms with Crippen molar-refractivity contribution in [3.63, 3.8) is 0 Å². The minimum Gasteiger partial charge on any atom is -0.493 e. The van der Waals surface area contributed by atoms with Crippen LogP contribution in [0.4, 0.5) is 0 Å². The topological polar surface area (TPSA) is 35.2 Å². The fourth-order valence-electron chi connectivity index (χ4n) is 2.42. The largest absolute Gasteiger partial charge is 0.493 e. The van der Waals surface area contributed by atoms with Crippen molar-refractivity contribution in [3.05, 3.63) is 65.2 Å². The highest BCUT2D eigenvalue weighted by Gasteiger charge is 2.09. The van der Waals surface area contributed by atoms with E-state index in [2.05, 4.69) is 50.2 Å². The van der Waals surface area contributed by atoms with Crippen LogP contribution in [0.5, 0.6) is 5.75 Å². The molecular formula is C18H23NO. The van der Waals surface area contributed by atoms with E-state index in [0.29, 0.717) is 19.1 Å². The number of rotatable bonds is 6. The molecule has 0 aliphatic carbocycles. The smallest absolute Gasteiger partial charge is 0.122 e. The Bertz CT molecular complexity index is 536. The molecule has 1 atom stereocenters. The zero-order chi connectivity index (χ0) is 14.4. The summed E-state index contributed by atoms with van der Waals surface area (Å²) in [5.41, 5.74) is 9.62. The van der Waals surface area contributed by atoms with E-state index in [1.807, 2.05) is 12.1 Å². The second-order valence-electron chi connectivity index (χ2n) is 5.25. The lowest BCUT2D eigenvalue weighted by Crippen LogP contribution is -2.15. The minimum atomic E-state index is 0.363. The third kappa shape index (κ3) is 3.84. The number of nitrogens with two attached hydrogens (primary N) is 1. The van der Waals surface area contributed by atoms with Crippen LogP contribution < -0.4 is 10.5 Å². The molecule has 2 N–H and O–H groups in total. The lowest BCUT2D eigenvalue weighted by molar-refractivity contribution is 0.296. The summed E-state index contributed by atoms with van der Waals surface area (Å²) in [6.45, 7) is 5.53. The Morgan fingerprint density at radius 1 is 1.05 bits per heavy atom. The Morgan fingerprint density at radius 2 is 1.80 bits per heavy atom. The summed E-state index contributed by atoms with van der Waals surface area (Å²) in [6, 6.07) is 16.7. The average Bonchev–Trinajstić information content (AvgIpc) is 2.46. The van der Waals surface area contributed by atoms with Gasteiger partial charge in [-0.1, -0.05) is 48.0 Å². The minimum absolute atomic E-state index is 0.363. The third-order valence-electron chi connectivity index (χ3n) is 3.61. The van der Waals surface area contributed by atoms with Gasteiger partial charge in [-0.15, -0.1) is 0 Å². The van der Waals surface area contributed by atoms with Gasteiger partial charge >= 0.3 is 0 Å². The summed E-state index contributed by atoms with van der Waals surface area (Å²) >= 11 is 0. The predicted molar refractivity (Wildman–Crippen MR) is 84.3 cm³/mol. The van der Waals surface area contributed by atoms with Crippen LogP contribution in [0.1, 0.15) is 29.0 Å². The van der Waals surface area contributed by atoms with Crippen molar-refractivity contribution >= 4 is 0 Å². The fraction of sp³-hybridized carbons (Fsp3) is 0.333. The molecule has 0 bridgehead atoms. The second kappa shape index (κ2) is 7.11. The first-order valence-corrected chi connectivity index (χ1v) is 7.15. The van der Waals surface area contributed by atoms with Crippen LogP contribution in [0.15, 0.2) is 48.5 Å². The van der Waals surface area contributed by atoms with E-state index in [1.165, 1.54) is 16.7 Å². The number of hydrogen-bond acceptors (Lipinski definition) is 2. The van der Waals surface area contributed by atoms with Gasteiger partial charge in [-0.25, -0.2) is 0 Å². The van der Waals surface area contributed by atoms with Crippen molar-refractivity contribution < 1.29 is 4.74 Å². The van der Waals surface area contributed by atoms with Gasteiger partial charge in [-0.3, -0.25) is 0 Å². The molecule has 2 rings (SSSR count). The number of hydrogen-bond donors (Lipinski definition) is 1. The summed E-state index contributed by atoms with van der Waals surface area (Å²) in [7, 11) is 0. The highest BCUT2D eigenvalue weighted by atomic mass is 16.5. The summed E-state index contributed by atoms with van der Waals surface area (Å²) in [5.74, 6) is 1.33. The average molecular weight is 269 g/mol. The number of ether oxygens (including phenoxy) is 1. The molecular weight excluding hydrogens is 246 g/mol. The maximum atomic E-state index is 5.89. The monoisotopic (exact) mass is 269 g/mol. The van der Waals surface area contributed by atoms with E-state index in [4.69, 9.17) is 10.5 Å². The van der Waals surface area contributed by atoms with E-state index in [0.717, 1.165) is 12.2 Å². The van der Waals surface area contributed by atoms with Gasteiger partial charge in [0.2, 0.25) is 0 Å². The summed E-state index contributed by atoms with van der Waals surface area (Å²) in [5, 5.41) is 0. The lowest BCUT2D eigenvalue weighted by Gasteiger charge is -2.16. The van der Waals surface area contributed by atoms with Crippen LogP contribution in [-0.2, 0) is 0 Å². The Hall–Kier alpha value is -1.80. The molecule has 0 fully saturated rings. The maximum absolute atomic E-state index is 5.89. The van der Waals surface area contributed by atoms with Gasteiger partial charge in [0.1, 0.15) is 5.75 Å². The van der Waals surface area contributed by atoms with Gasteiger partial charge in [-0.05, 0) is 49.9 Å². The molecule has 0 heterocycles. The molecule has 106 valence electrons. The van der Waals surface area contributed by atoms with Crippen LogP contribution in [0, 0.1) is 13.8 Å². The number of benzene rings is 2. The van der Waals surface area contributed by atoms with E-state index in [1.54, 1.807) is 0 Å². The normalized spacial score (nSPS) is 12.2. The molecule has 0 aliphatic rings. The zero-order valence-electron chi connectivity index (χ0n) is 12.3. The van der Waals surface area contributed by atoms with Gasteiger partial charge < -0.3 is 10.5 Å². The predicted octanol–water partition coefficient (Wildman–Crippen LogP) is 3.81. The molecule has 0 saturated heterocycles. The molecule has 2 aromatic carbocycles.